The summed E-state index contributed by atoms with van der Waals surface area (Å²) in [6, 6.07) is 27.3. The van der Waals surface area contributed by atoms with E-state index in [0.29, 0.717) is 18.0 Å². The highest BCUT2D eigenvalue weighted by molar-refractivity contribution is 5.89. The molecule has 0 spiro atoms. The van der Waals surface area contributed by atoms with Crippen molar-refractivity contribution in [2.45, 2.75) is 37.3 Å². The van der Waals surface area contributed by atoms with Crippen molar-refractivity contribution in [1.82, 2.24) is 14.7 Å². The fraction of sp³-hybridized carbons (Fsp3) is 0.382. The topological polar surface area (TPSA) is 48.1 Å². The second kappa shape index (κ2) is 12.2. The van der Waals surface area contributed by atoms with Crippen LogP contribution in [0.4, 0.5) is 10.5 Å². The van der Waals surface area contributed by atoms with Crippen molar-refractivity contribution < 1.29 is 9.53 Å². The van der Waals surface area contributed by atoms with Gasteiger partial charge in [0, 0.05) is 54.5 Å². The number of carbonyl (C=O) groups is 1. The maximum atomic E-state index is 13.4. The number of hydrogen-bond acceptors (Lipinski definition) is 4. The second-order valence-electron chi connectivity index (χ2n) is 11.1. The van der Waals surface area contributed by atoms with Crippen LogP contribution in [0, 0.1) is 11.8 Å². The summed E-state index contributed by atoms with van der Waals surface area (Å²) in [7, 11) is 1.65. The number of rotatable bonds is 5. The van der Waals surface area contributed by atoms with Gasteiger partial charge in [0.1, 0.15) is 5.75 Å². The van der Waals surface area contributed by atoms with Crippen LogP contribution in [0.1, 0.15) is 41.9 Å². The third-order valence-electron chi connectivity index (χ3n) is 8.63. The number of fused-ring (bicyclic) bond motifs is 1. The standard InChI is InChI=1S/C34H38N4O2/c1-40-30-18-16-29(17-19-30)35-34(39)37-22-5-6-23-38-31(24-36-20-7-21-36)33(32(38)25-37)28-14-12-27(13-15-28)11-10-26-8-3-2-4-9-26/h2-4,8-9,12-19,31-33H,5-7,20-25H2,1H3,(H,35,39)/t31-,32+,33+/m1/s1. The summed E-state index contributed by atoms with van der Waals surface area (Å²) in [5.41, 5.74) is 4.20. The fourth-order valence-electron chi connectivity index (χ4n) is 6.29. The van der Waals surface area contributed by atoms with Crippen LogP contribution >= 0.6 is 0 Å². The van der Waals surface area contributed by atoms with Crippen LogP contribution in [0.5, 0.6) is 5.75 Å². The first-order chi connectivity index (χ1) is 19.7. The molecule has 3 saturated heterocycles. The van der Waals surface area contributed by atoms with Crippen LogP contribution in [0.2, 0.25) is 0 Å². The predicted molar refractivity (Wildman–Crippen MR) is 160 cm³/mol. The van der Waals surface area contributed by atoms with E-state index in [-0.39, 0.29) is 6.03 Å². The zero-order valence-corrected chi connectivity index (χ0v) is 23.3. The quantitative estimate of drug-likeness (QED) is 0.454. The monoisotopic (exact) mass is 534 g/mol. The first-order valence-electron chi connectivity index (χ1n) is 14.5. The van der Waals surface area contributed by atoms with Gasteiger partial charge in [0.15, 0.2) is 0 Å². The Bertz CT molecular complexity index is 1340. The largest absolute Gasteiger partial charge is 0.497 e. The molecule has 0 saturated carbocycles. The number of nitrogens with zero attached hydrogens (tertiary/aromatic N) is 3. The lowest BCUT2D eigenvalue weighted by molar-refractivity contribution is -0.0565. The second-order valence-corrected chi connectivity index (χ2v) is 11.1. The van der Waals surface area contributed by atoms with Crippen molar-refractivity contribution in [1.29, 1.82) is 0 Å². The minimum atomic E-state index is -0.0245. The Hall–Kier alpha value is -3.79. The number of carbonyl (C=O) groups excluding carboxylic acids is 1. The normalized spacial score (nSPS) is 22.8. The summed E-state index contributed by atoms with van der Waals surface area (Å²) in [6.07, 6.45) is 3.43. The Labute approximate surface area is 237 Å². The maximum Gasteiger partial charge on any atom is 0.321 e. The van der Waals surface area contributed by atoms with Crippen LogP contribution in [-0.2, 0) is 0 Å². The summed E-state index contributed by atoms with van der Waals surface area (Å²) in [5, 5.41) is 3.11. The van der Waals surface area contributed by atoms with E-state index in [4.69, 9.17) is 4.74 Å². The molecule has 3 heterocycles. The molecule has 6 nitrogen and oxygen atoms in total. The molecule has 2 amide bonds. The number of hydrogen-bond donors (Lipinski definition) is 1. The van der Waals surface area contributed by atoms with Gasteiger partial charge in [0.25, 0.3) is 0 Å². The highest BCUT2D eigenvalue weighted by Gasteiger charge is 2.50. The molecule has 206 valence electrons. The lowest BCUT2D eigenvalue weighted by Gasteiger charge is -2.59. The molecule has 0 aliphatic carbocycles. The van der Waals surface area contributed by atoms with Crippen molar-refractivity contribution >= 4 is 11.7 Å². The van der Waals surface area contributed by atoms with E-state index in [1.54, 1.807) is 7.11 Å². The van der Waals surface area contributed by atoms with Crippen LogP contribution in [-0.4, -0.2) is 79.2 Å². The first kappa shape index (κ1) is 26.4. The third-order valence-corrected chi connectivity index (χ3v) is 8.63. The molecule has 3 aromatic carbocycles. The van der Waals surface area contributed by atoms with E-state index in [1.807, 2.05) is 59.5 Å². The van der Waals surface area contributed by atoms with Gasteiger partial charge >= 0.3 is 6.03 Å². The number of urea groups is 1. The first-order valence-corrected chi connectivity index (χ1v) is 14.5. The highest BCUT2D eigenvalue weighted by atomic mass is 16.5. The maximum absolute atomic E-state index is 13.4. The van der Waals surface area contributed by atoms with Gasteiger partial charge in [-0.25, -0.2) is 4.79 Å². The minimum Gasteiger partial charge on any atom is -0.497 e. The van der Waals surface area contributed by atoms with Crippen molar-refractivity contribution in [2.75, 3.05) is 51.7 Å². The lowest BCUT2D eigenvalue weighted by Crippen LogP contribution is -2.70. The zero-order chi connectivity index (χ0) is 27.3. The summed E-state index contributed by atoms with van der Waals surface area (Å²) in [5.74, 6) is 7.76. The zero-order valence-electron chi connectivity index (χ0n) is 23.3. The lowest BCUT2D eigenvalue weighted by atomic mass is 9.73. The molecule has 6 heteroatoms. The predicted octanol–water partition coefficient (Wildman–Crippen LogP) is 5.27. The molecule has 3 atom stereocenters. The van der Waals surface area contributed by atoms with Gasteiger partial charge in [-0.05, 0) is 93.0 Å². The molecule has 0 radical (unpaired) electrons. The molecule has 6 rings (SSSR count). The number of amides is 2. The van der Waals surface area contributed by atoms with Gasteiger partial charge in [-0.1, -0.05) is 42.2 Å². The Morgan fingerprint density at radius 1 is 0.850 bits per heavy atom. The van der Waals surface area contributed by atoms with Gasteiger partial charge in [-0.3, -0.25) is 4.90 Å². The van der Waals surface area contributed by atoms with E-state index < -0.39 is 0 Å². The molecule has 1 N–H and O–H groups in total. The van der Waals surface area contributed by atoms with E-state index in [9.17, 15) is 4.79 Å². The van der Waals surface area contributed by atoms with Gasteiger partial charge in [0.05, 0.1) is 7.11 Å². The van der Waals surface area contributed by atoms with Crippen molar-refractivity contribution in [3.8, 4) is 17.6 Å². The molecule has 3 aliphatic rings. The molecule has 3 aromatic rings. The van der Waals surface area contributed by atoms with E-state index in [1.165, 1.54) is 25.1 Å². The van der Waals surface area contributed by atoms with E-state index in [0.717, 1.165) is 61.6 Å². The van der Waals surface area contributed by atoms with Crippen LogP contribution in [0.3, 0.4) is 0 Å². The van der Waals surface area contributed by atoms with Crippen LogP contribution < -0.4 is 10.1 Å². The molecule has 3 fully saturated rings. The molecule has 0 bridgehead atoms. The Kier molecular flexibility index (Phi) is 8.04. The number of nitrogens with one attached hydrogen (secondary N) is 1. The van der Waals surface area contributed by atoms with Crippen LogP contribution in [0.15, 0.2) is 78.9 Å². The Morgan fingerprint density at radius 3 is 2.23 bits per heavy atom. The smallest absolute Gasteiger partial charge is 0.321 e. The molecule has 0 unspecified atom stereocenters. The third kappa shape index (κ3) is 5.86. The molecule has 40 heavy (non-hydrogen) atoms. The molecule has 3 aliphatic heterocycles. The summed E-state index contributed by atoms with van der Waals surface area (Å²) in [4.78, 5) is 20.7. The number of likely N-dealkylation sites (tertiary alicyclic amines) is 1. The summed E-state index contributed by atoms with van der Waals surface area (Å²) >= 11 is 0. The molecule has 0 aromatic heterocycles. The number of anilines is 1. The molecular weight excluding hydrogens is 496 g/mol. The summed E-state index contributed by atoms with van der Waals surface area (Å²) < 4.78 is 5.26. The number of ether oxygens (including phenoxy) is 1. The van der Waals surface area contributed by atoms with Gasteiger partial charge < -0.3 is 19.9 Å². The average molecular weight is 535 g/mol. The number of methoxy groups -OCH3 is 1. The Morgan fingerprint density at radius 2 is 1.55 bits per heavy atom. The van der Waals surface area contributed by atoms with Gasteiger partial charge in [0.2, 0.25) is 0 Å². The Balaban J connectivity index is 1.20. The van der Waals surface area contributed by atoms with Crippen molar-refractivity contribution in [2.24, 2.45) is 0 Å². The SMILES string of the molecule is COc1ccc(NC(=O)N2CCCCN3[C@H](CN4CCC4)[C@H](c4ccc(C#Cc5ccccc5)cc4)[C@@H]3C2)cc1. The number of benzene rings is 3. The van der Waals surface area contributed by atoms with E-state index in [2.05, 4.69) is 51.2 Å². The highest BCUT2D eigenvalue weighted by Crippen LogP contribution is 2.43. The van der Waals surface area contributed by atoms with Crippen molar-refractivity contribution in [3.63, 3.8) is 0 Å². The fourth-order valence-corrected chi connectivity index (χ4v) is 6.29. The average Bonchev–Trinajstić information content (AvgIpc) is 2.95. The van der Waals surface area contributed by atoms with Gasteiger partial charge in [-0.2, -0.15) is 0 Å². The van der Waals surface area contributed by atoms with E-state index >= 15 is 0 Å². The summed E-state index contributed by atoms with van der Waals surface area (Å²) in [6.45, 7) is 6.13. The van der Waals surface area contributed by atoms with Crippen LogP contribution in [0.25, 0.3) is 0 Å². The minimum absolute atomic E-state index is 0.0245. The molecular formula is C34H38N4O2. The van der Waals surface area contributed by atoms with Crippen molar-refractivity contribution in [3.05, 3.63) is 95.6 Å². The van der Waals surface area contributed by atoms with Gasteiger partial charge in [-0.15, -0.1) is 0 Å².